The number of ether oxygens (including phenoxy) is 1. The number of rotatable bonds is 5. The Balaban J connectivity index is 1.52. The van der Waals surface area contributed by atoms with Crippen LogP contribution in [0.5, 0.6) is 0 Å². The normalized spacial score (nSPS) is 15.6. The summed E-state index contributed by atoms with van der Waals surface area (Å²) in [5, 5.41) is 0.438. The lowest BCUT2D eigenvalue weighted by atomic mass is 9.96. The molecule has 0 N–H and O–H groups in total. The molecule has 2 aromatic rings. The minimum absolute atomic E-state index is 0.193. The largest absolute Gasteiger partial charge is 0.454 e. The highest BCUT2D eigenvalue weighted by molar-refractivity contribution is 6.31. The number of ketones is 1. The number of carbonyl (C=O) groups is 3. The van der Waals surface area contributed by atoms with E-state index in [0.29, 0.717) is 42.1 Å². The zero-order valence-electron chi connectivity index (χ0n) is 15.9. The number of piperidine rings is 1. The van der Waals surface area contributed by atoms with Gasteiger partial charge in [0.05, 0.1) is 5.92 Å². The number of halogens is 2. The van der Waals surface area contributed by atoms with Gasteiger partial charge in [-0.15, -0.1) is 0 Å². The molecule has 0 saturated carbocycles. The van der Waals surface area contributed by atoms with Crippen LogP contribution in [0.25, 0.3) is 0 Å². The number of nitrogens with zero attached hydrogens (tertiary/aromatic N) is 1. The second-order valence-electron chi connectivity index (χ2n) is 7.03. The quantitative estimate of drug-likeness (QED) is 0.541. The minimum atomic E-state index is -0.917. The Morgan fingerprint density at radius 1 is 1.07 bits per heavy atom. The first-order valence-corrected chi connectivity index (χ1v) is 9.78. The average Bonchev–Trinajstić information content (AvgIpc) is 2.73. The molecule has 1 aliphatic rings. The van der Waals surface area contributed by atoms with Gasteiger partial charge in [0, 0.05) is 29.2 Å². The van der Waals surface area contributed by atoms with Gasteiger partial charge in [0.25, 0.3) is 5.91 Å². The number of hydrogen-bond acceptors (Lipinski definition) is 4. The maximum absolute atomic E-state index is 13.0. The number of hydrogen-bond donors (Lipinski definition) is 0. The van der Waals surface area contributed by atoms with Crippen LogP contribution in [0.15, 0.2) is 48.5 Å². The van der Waals surface area contributed by atoms with Crippen molar-refractivity contribution in [1.29, 1.82) is 0 Å². The molecule has 7 heteroatoms. The van der Waals surface area contributed by atoms with Gasteiger partial charge in [-0.25, -0.2) is 4.39 Å². The molecule has 1 atom stereocenters. The third-order valence-electron chi connectivity index (χ3n) is 4.98. The summed E-state index contributed by atoms with van der Waals surface area (Å²) in [6, 6.07) is 11.9. The van der Waals surface area contributed by atoms with Crippen LogP contribution in [-0.4, -0.2) is 41.8 Å². The predicted molar refractivity (Wildman–Crippen MR) is 106 cm³/mol. The smallest absolute Gasteiger partial charge is 0.309 e. The van der Waals surface area contributed by atoms with Crippen molar-refractivity contribution in [3.05, 3.63) is 70.5 Å². The van der Waals surface area contributed by atoms with Crippen LogP contribution in [0.2, 0.25) is 5.02 Å². The lowest BCUT2D eigenvalue weighted by Gasteiger charge is -2.31. The number of esters is 1. The maximum Gasteiger partial charge on any atom is 0.309 e. The van der Waals surface area contributed by atoms with Gasteiger partial charge in [-0.1, -0.05) is 23.7 Å². The van der Waals surface area contributed by atoms with E-state index in [9.17, 15) is 18.8 Å². The van der Waals surface area contributed by atoms with E-state index in [-0.39, 0.29) is 17.6 Å². The number of benzene rings is 2. The van der Waals surface area contributed by atoms with Gasteiger partial charge in [0.15, 0.2) is 6.10 Å². The van der Waals surface area contributed by atoms with Gasteiger partial charge >= 0.3 is 5.97 Å². The van der Waals surface area contributed by atoms with Crippen LogP contribution < -0.4 is 0 Å². The monoisotopic (exact) mass is 417 g/mol. The van der Waals surface area contributed by atoms with E-state index in [0.717, 1.165) is 0 Å². The third kappa shape index (κ3) is 5.21. The second kappa shape index (κ2) is 9.18. The summed E-state index contributed by atoms with van der Waals surface area (Å²) in [6.45, 7) is 2.33. The first-order valence-electron chi connectivity index (χ1n) is 9.40. The Hall–Kier alpha value is -2.73. The molecule has 3 rings (SSSR count). The van der Waals surface area contributed by atoms with Gasteiger partial charge in [-0.2, -0.15) is 0 Å². The summed E-state index contributed by atoms with van der Waals surface area (Å²) in [5.74, 6) is -1.72. The Kier molecular flexibility index (Phi) is 6.64. The molecule has 0 aliphatic carbocycles. The molecule has 1 amide bonds. The highest BCUT2D eigenvalue weighted by Crippen LogP contribution is 2.22. The molecular weight excluding hydrogens is 397 g/mol. The molecule has 1 fully saturated rings. The fourth-order valence-electron chi connectivity index (χ4n) is 3.29. The van der Waals surface area contributed by atoms with Gasteiger partial charge in [-0.3, -0.25) is 14.4 Å². The molecule has 1 aliphatic heterocycles. The van der Waals surface area contributed by atoms with Crippen LogP contribution >= 0.6 is 11.6 Å². The molecule has 0 unspecified atom stereocenters. The number of likely N-dealkylation sites (tertiary alicyclic amines) is 1. The Labute approximate surface area is 173 Å². The molecule has 0 radical (unpaired) electrons. The van der Waals surface area contributed by atoms with Crippen molar-refractivity contribution in [1.82, 2.24) is 4.90 Å². The highest BCUT2D eigenvalue weighted by atomic mass is 35.5. The number of carbonyl (C=O) groups excluding carboxylic acids is 3. The molecule has 0 spiro atoms. The van der Waals surface area contributed by atoms with Crippen molar-refractivity contribution in [2.75, 3.05) is 13.1 Å². The molecule has 29 heavy (non-hydrogen) atoms. The van der Waals surface area contributed by atoms with Crippen molar-refractivity contribution in [3.8, 4) is 0 Å². The molecule has 1 saturated heterocycles. The van der Waals surface area contributed by atoms with Crippen LogP contribution in [0.4, 0.5) is 4.39 Å². The molecule has 2 aromatic carbocycles. The molecular formula is C22H21ClFNO4. The van der Waals surface area contributed by atoms with Crippen LogP contribution in [0.3, 0.4) is 0 Å². The molecule has 152 valence electrons. The summed E-state index contributed by atoms with van der Waals surface area (Å²) in [4.78, 5) is 39.0. The van der Waals surface area contributed by atoms with E-state index in [1.165, 1.54) is 37.3 Å². The topological polar surface area (TPSA) is 63.7 Å². The van der Waals surface area contributed by atoms with E-state index in [1.807, 2.05) is 0 Å². The van der Waals surface area contributed by atoms with Crippen molar-refractivity contribution in [2.45, 2.75) is 25.9 Å². The summed E-state index contributed by atoms with van der Waals surface area (Å²) >= 11 is 5.90. The first-order chi connectivity index (χ1) is 13.8. The molecule has 0 bridgehead atoms. The Morgan fingerprint density at radius 2 is 1.72 bits per heavy atom. The summed E-state index contributed by atoms with van der Waals surface area (Å²) < 4.78 is 18.4. The zero-order valence-corrected chi connectivity index (χ0v) is 16.7. The lowest BCUT2D eigenvalue weighted by Crippen LogP contribution is -2.41. The van der Waals surface area contributed by atoms with Crippen molar-refractivity contribution in [2.24, 2.45) is 5.92 Å². The average molecular weight is 418 g/mol. The van der Waals surface area contributed by atoms with Crippen LogP contribution in [-0.2, 0) is 9.53 Å². The SMILES string of the molecule is C[C@@H](OC(=O)C1CCN(C(=O)c2ccc(F)cc2)CC1)C(=O)c1cccc(Cl)c1. The van der Waals surface area contributed by atoms with Gasteiger partial charge in [0.1, 0.15) is 5.82 Å². The van der Waals surface area contributed by atoms with Crippen molar-refractivity contribution >= 4 is 29.3 Å². The first kappa shape index (κ1) is 21.0. The lowest BCUT2D eigenvalue weighted by molar-refractivity contribution is -0.152. The third-order valence-corrected chi connectivity index (χ3v) is 5.21. The van der Waals surface area contributed by atoms with E-state index in [1.54, 1.807) is 23.1 Å². The minimum Gasteiger partial charge on any atom is -0.454 e. The number of Topliss-reactive ketones (excluding diaryl/α,β-unsaturated/α-hetero) is 1. The Morgan fingerprint density at radius 3 is 2.34 bits per heavy atom. The van der Waals surface area contributed by atoms with Gasteiger partial charge in [-0.05, 0) is 56.2 Å². The van der Waals surface area contributed by atoms with Crippen molar-refractivity contribution < 1.29 is 23.5 Å². The number of amides is 1. The van der Waals surface area contributed by atoms with E-state index in [2.05, 4.69) is 0 Å². The van der Waals surface area contributed by atoms with E-state index < -0.39 is 17.9 Å². The van der Waals surface area contributed by atoms with Gasteiger partial charge < -0.3 is 9.64 Å². The maximum atomic E-state index is 13.0. The summed E-state index contributed by atoms with van der Waals surface area (Å²) in [6.07, 6.45) is -0.0203. The second-order valence-corrected chi connectivity index (χ2v) is 7.46. The Bertz CT molecular complexity index is 907. The van der Waals surface area contributed by atoms with Crippen LogP contribution in [0.1, 0.15) is 40.5 Å². The summed E-state index contributed by atoms with van der Waals surface area (Å²) in [5.41, 5.74) is 0.797. The predicted octanol–water partition coefficient (Wildman–Crippen LogP) is 4.15. The van der Waals surface area contributed by atoms with Gasteiger partial charge in [0.2, 0.25) is 5.78 Å². The molecule has 0 aromatic heterocycles. The molecule has 5 nitrogen and oxygen atoms in total. The fourth-order valence-corrected chi connectivity index (χ4v) is 3.48. The van der Waals surface area contributed by atoms with Crippen molar-refractivity contribution in [3.63, 3.8) is 0 Å². The molecule has 1 heterocycles. The fraction of sp³-hybridized carbons (Fsp3) is 0.318. The highest BCUT2D eigenvalue weighted by Gasteiger charge is 2.31. The van der Waals surface area contributed by atoms with E-state index in [4.69, 9.17) is 16.3 Å². The summed E-state index contributed by atoms with van der Waals surface area (Å²) in [7, 11) is 0. The van der Waals surface area contributed by atoms with E-state index >= 15 is 0 Å². The van der Waals surface area contributed by atoms with Crippen LogP contribution in [0, 0.1) is 11.7 Å². The standard InChI is InChI=1S/C22H21ClFNO4/c1-14(20(26)17-3-2-4-18(23)13-17)29-22(28)16-9-11-25(12-10-16)21(27)15-5-7-19(24)8-6-15/h2-8,13-14,16H,9-12H2,1H3/t14-/m1/s1. The zero-order chi connectivity index (χ0) is 21.0.